The van der Waals surface area contributed by atoms with Crippen molar-refractivity contribution in [3.63, 3.8) is 0 Å². The third-order valence-corrected chi connectivity index (χ3v) is 5.38. The van der Waals surface area contributed by atoms with Crippen LogP contribution >= 0.6 is 0 Å². The summed E-state index contributed by atoms with van der Waals surface area (Å²) in [6.45, 7) is 4.74. The summed E-state index contributed by atoms with van der Waals surface area (Å²) in [6.07, 6.45) is 17.3. The van der Waals surface area contributed by atoms with Crippen molar-refractivity contribution in [3.05, 3.63) is 29.8 Å². The van der Waals surface area contributed by atoms with Gasteiger partial charge in [0.15, 0.2) is 5.78 Å². The van der Waals surface area contributed by atoms with Gasteiger partial charge < -0.3 is 4.74 Å². The highest BCUT2D eigenvalue weighted by molar-refractivity contribution is 6.08. The Balaban J connectivity index is 2.00. The highest BCUT2D eigenvalue weighted by Gasteiger charge is 2.12. The molecule has 3 nitrogen and oxygen atoms in total. The lowest BCUT2D eigenvalue weighted by atomic mass is 10.0. The number of rotatable bonds is 19. The fraction of sp³-hybridized carbons (Fsp3) is 0.692. The lowest BCUT2D eigenvalue weighted by Gasteiger charge is -2.06. The van der Waals surface area contributed by atoms with E-state index in [2.05, 4.69) is 6.92 Å². The van der Waals surface area contributed by atoms with Crippen LogP contribution in [0.2, 0.25) is 0 Å². The largest absolute Gasteiger partial charge is 0.494 e. The molecule has 29 heavy (non-hydrogen) atoms. The molecule has 0 aliphatic rings. The highest BCUT2D eigenvalue weighted by atomic mass is 16.5. The molecule has 0 radical (unpaired) electrons. The van der Waals surface area contributed by atoms with Crippen LogP contribution in [-0.2, 0) is 4.79 Å². The van der Waals surface area contributed by atoms with Gasteiger partial charge in [0.2, 0.25) is 0 Å². The standard InChI is InChI=1S/C26H42O3/c1-3-5-6-7-8-9-10-11-12-13-14-15-16-19-24(27)22-26(28)23-18-17-20-25(21-23)29-4-2/h17-18,20-21H,3-16,19,22H2,1-2H3. The van der Waals surface area contributed by atoms with Crippen molar-refractivity contribution in [2.75, 3.05) is 6.61 Å². The first-order chi connectivity index (χ1) is 14.2. The van der Waals surface area contributed by atoms with Gasteiger partial charge in [-0.05, 0) is 25.5 Å². The predicted molar refractivity (Wildman–Crippen MR) is 122 cm³/mol. The van der Waals surface area contributed by atoms with E-state index in [4.69, 9.17) is 4.74 Å². The molecule has 0 amide bonds. The van der Waals surface area contributed by atoms with E-state index >= 15 is 0 Å². The first-order valence-electron chi connectivity index (χ1n) is 11.9. The van der Waals surface area contributed by atoms with Gasteiger partial charge in [-0.1, -0.05) is 96.1 Å². The normalized spacial score (nSPS) is 10.8. The fourth-order valence-corrected chi connectivity index (χ4v) is 3.64. The highest BCUT2D eigenvalue weighted by Crippen LogP contribution is 2.16. The maximum Gasteiger partial charge on any atom is 0.170 e. The van der Waals surface area contributed by atoms with Crippen LogP contribution in [0.25, 0.3) is 0 Å². The molecule has 0 aliphatic heterocycles. The van der Waals surface area contributed by atoms with E-state index in [1.54, 1.807) is 18.2 Å². The molecule has 1 aromatic rings. The van der Waals surface area contributed by atoms with Crippen LogP contribution in [0.15, 0.2) is 24.3 Å². The number of hydrogen-bond acceptors (Lipinski definition) is 3. The Labute approximate surface area is 178 Å². The van der Waals surface area contributed by atoms with E-state index in [1.165, 1.54) is 70.6 Å². The number of carbonyl (C=O) groups is 2. The number of Topliss-reactive ketones (excluding diaryl/α,β-unsaturated/α-hetero) is 2. The number of hydrogen-bond donors (Lipinski definition) is 0. The Morgan fingerprint density at radius 2 is 1.31 bits per heavy atom. The molecule has 0 fully saturated rings. The Morgan fingerprint density at radius 3 is 1.86 bits per heavy atom. The summed E-state index contributed by atoms with van der Waals surface area (Å²) in [5, 5.41) is 0. The number of carbonyl (C=O) groups excluding carboxylic acids is 2. The minimum Gasteiger partial charge on any atom is -0.494 e. The number of benzene rings is 1. The van der Waals surface area contributed by atoms with Crippen LogP contribution in [0.4, 0.5) is 0 Å². The van der Waals surface area contributed by atoms with Crippen LogP contribution in [0, 0.1) is 0 Å². The van der Waals surface area contributed by atoms with E-state index < -0.39 is 0 Å². The number of ether oxygens (including phenoxy) is 1. The first-order valence-corrected chi connectivity index (χ1v) is 11.9. The molecule has 0 atom stereocenters. The van der Waals surface area contributed by atoms with Crippen molar-refractivity contribution in [1.82, 2.24) is 0 Å². The van der Waals surface area contributed by atoms with Crippen LogP contribution in [0.1, 0.15) is 121 Å². The summed E-state index contributed by atoms with van der Waals surface area (Å²) in [5.41, 5.74) is 0.565. The minimum absolute atomic E-state index is 0.00777. The van der Waals surface area contributed by atoms with E-state index in [9.17, 15) is 9.59 Å². The molecular weight excluding hydrogens is 360 g/mol. The van der Waals surface area contributed by atoms with E-state index in [1.807, 2.05) is 13.0 Å². The summed E-state index contributed by atoms with van der Waals surface area (Å²) in [6, 6.07) is 7.11. The molecule has 0 bridgehead atoms. The van der Waals surface area contributed by atoms with Gasteiger partial charge in [-0.3, -0.25) is 9.59 Å². The molecule has 0 heterocycles. The molecule has 0 unspecified atom stereocenters. The first kappa shape index (κ1) is 25.4. The van der Waals surface area contributed by atoms with E-state index in [-0.39, 0.29) is 18.0 Å². The molecule has 0 N–H and O–H groups in total. The average Bonchev–Trinajstić information content (AvgIpc) is 2.72. The van der Waals surface area contributed by atoms with Crippen LogP contribution in [0.3, 0.4) is 0 Å². The van der Waals surface area contributed by atoms with Gasteiger partial charge in [0.05, 0.1) is 13.0 Å². The monoisotopic (exact) mass is 402 g/mol. The van der Waals surface area contributed by atoms with Gasteiger partial charge in [0, 0.05) is 12.0 Å². The van der Waals surface area contributed by atoms with E-state index in [0.717, 1.165) is 12.8 Å². The van der Waals surface area contributed by atoms with Gasteiger partial charge in [0.25, 0.3) is 0 Å². The van der Waals surface area contributed by atoms with Crippen molar-refractivity contribution >= 4 is 11.6 Å². The second kappa shape index (κ2) is 17.2. The van der Waals surface area contributed by atoms with Crippen LogP contribution in [-0.4, -0.2) is 18.2 Å². The maximum atomic E-state index is 12.3. The Morgan fingerprint density at radius 1 is 0.759 bits per heavy atom. The molecule has 0 aliphatic carbocycles. The number of ketones is 2. The van der Waals surface area contributed by atoms with E-state index in [0.29, 0.717) is 24.3 Å². The second-order valence-corrected chi connectivity index (χ2v) is 8.09. The molecule has 0 aromatic heterocycles. The summed E-state index contributed by atoms with van der Waals surface area (Å²) in [4.78, 5) is 24.4. The summed E-state index contributed by atoms with van der Waals surface area (Å²) < 4.78 is 5.42. The summed E-state index contributed by atoms with van der Waals surface area (Å²) >= 11 is 0. The Kier molecular flexibility index (Phi) is 15.1. The maximum absolute atomic E-state index is 12.3. The zero-order chi connectivity index (χ0) is 21.2. The van der Waals surface area contributed by atoms with Crippen molar-refractivity contribution in [2.45, 2.75) is 110 Å². The quantitative estimate of drug-likeness (QED) is 0.135. The molecule has 0 saturated heterocycles. The van der Waals surface area contributed by atoms with Crippen LogP contribution < -0.4 is 4.74 Å². The molecule has 0 spiro atoms. The third kappa shape index (κ3) is 13.2. The van der Waals surface area contributed by atoms with Crippen molar-refractivity contribution in [2.24, 2.45) is 0 Å². The summed E-state index contributed by atoms with van der Waals surface area (Å²) in [7, 11) is 0. The third-order valence-electron chi connectivity index (χ3n) is 5.38. The van der Waals surface area contributed by atoms with Gasteiger partial charge in [-0.25, -0.2) is 0 Å². The molecule has 1 aromatic carbocycles. The van der Waals surface area contributed by atoms with Crippen molar-refractivity contribution in [3.8, 4) is 5.75 Å². The molecule has 3 heteroatoms. The van der Waals surface area contributed by atoms with Gasteiger partial charge in [-0.2, -0.15) is 0 Å². The molecule has 1 rings (SSSR count). The topological polar surface area (TPSA) is 43.4 Å². The lowest BCUT2D eigenvalue weighted by Crippen LogP contribution is -2.08. The van der Waals surface area contributed by atoms with Gasteiger partial charge >= 0.3 is 0 Å². The average molecular weight is 403 g/mol. The predicted octanol–water partition coefficient (Wildman–Crippen LogP) is 7.71. The zero-order valence-corrected chi connectivity index (χ0v) is 18.8. The molecule has 164 valence electrons. The van der Waals surface area contributed by atoms with Gasteiger partial charge in [-0.15, -0.1) is 0 Å². The Bertz CT molecular complexity index is 565. The van der Waals surface area contributed by atoms with Gasteiger partial charge in [0.1, 0.15) is 11.5 Å². The minimum atomic E-state index is -0.105. The zero-order valence-electron chi connectivity index (χ0n) is 18.8. The SMILES string of the molecule is CCCCCCCCCCCCCCCC(=O)CC(=O)c1cccc(OCC)c1. The van der Waals surface area contributed by atoms with Crippen molar-refractivity contribution in [1.29, 1.82) is 0 Å². The smallest absolute Gasteiger partial charge is 0.170 e. The fourth-order valence-electron chi connectivity index (χ4n) is 3.64. The molecular formula is C26H42O3. The summed E-state index contributed by atoms with van der Waals surface area (Å²) in [5.74, 6) is 0.633. The second-order valence-electron chi connectivity index (χ2n) is 8.09. The van der Waals surface area contributed by atoms with Crippen LogP contribution in [0.5, 0.6) is 5.75 Å². The Hall–Kier alpha value is -1.64. The van der Waals surface area contributed by atoms with Crippen molar-refractivity contribution < 1.29 is 14.3 Å². The lowest BCUT2D eigenvalue weighted by molar-refractivity contribution is -0.118. The number of unbranched alkanes of at least 4 members (excludes halogenated alkanes) is 12. The molecule has 0 saturated carbocycles.